The van der Waals surface area contributed by atoms with Crippen LogP contribution >= 0.6 is 0 Å². The number of rotatable bonds is 3. The first-order valence-corrected chi connectivity index (χ1v) is 5.80. The molecule has 88 valence electrons. The minimum Gasteiger partial charge on any atom is -0.497 e. The summed E-state index contributed by atoms with van der Waals surface area (Å²) in [5.41, 5.74) is 2.37. The number of nitrogens with one attached hydrogen (secondary N) is 1. The molecule has 0 amide bonds. The Hall–Kier alpha value is -1.22. The quantitative estimate of drug-likeness (QED) is 0.851. The summed E-state index contributed by atoms with van der Waals surface area (Å²) in [5.74, 6) is 0.889. The molecule has 3 heteroatoms. The van der Waals surface area contributed by atoms with E-state index in [0.717, 1.165) is 24.5 Å². The minimum absolute atomic E-state index is 0.186. The van der Waals surface area contributed by atoms with Crippen molar-refractivity contribution in [2.75, 3.05) is 19.0 Å². The SMILES string of the molecule is CCOC1CC(C)Nc2ccc(OC)cc21. The molecule has 3 nitrogen and oxygen atoms in total. The first-order valence-electron chi connectivity index (χ1n) is 5.80. The largest absolute Gasteiger partial charge is 0.497 e. The fraction of sp³-hybridized carbons (Fsp3) is 0.538. The molecule has 0 aromatic heterocycles. The molecule has 0 radical (unpaired) electrons. The van der Waals surface area contributed by atoms with Gasteiger partial charge in [-0.05, 0) is 38.5 Å². The summed E-state index contributed by atoms with van der Waals surface area (Å²) in [4.78, 5) is 0. The molecule has 0 saturated heterocycles. The van der Waals surface area contributed by atoms with E-state index in [-0.39, 0.29) is 6.10 Å². The molecule has 2 rings (SSSR count). The molecular formula is C13H19NO2. The summed E-state index contributed by atoms with van der Waals surface area (Å²) in [6, 6.07) is 6.56. The molecule has 1 aliphatic rings. The molecule has 1 aromatic carbocycles. The molecule has 2 unspecified atom stereocenters. The van der Waals surface area contributed by atoms with Crippen LogP contribution in [0.25, 0.3) is 0 Å². The molecule has 1 N–H and O–H groups in total. The highest BCUT2D eigenvalue weighted by Gasteiger charge is 2.24. The van der Waals surface area contributed by atoms with Gasteiger partial charge in [-0.1, -0.05) is 0 Å². The van der Waals surface area contributed by atoms with Gasteiger partial charge >= 0.3 is 0 Å². The van der Waals surface area contributed by atoms with Crippen LogP contribution in [0.4, 0.5) is 5.69 Å². The van der Waals surface area contributed by atoms with E-state index in [1.54, 1.807) is 7.11 Å². The third-order valence-electron chi connectivity index (χ3n) is 2.94. The van der Waals surface area contributed by atoms with E-state index in [2.05, 4.69) is 24.4 Å². The van der Waals surface area contributed by atoms with Gasteiger partial charge in [0.05, 0.1) is 13.2 Å². The molecule has 0 fully saturated rings. The fourth-order valence-electron chi connectivity index (χ4n) is 2.20. The molecule has 0 bridgehead atoms. The van der Waals surface area contributed by atoms with Gasteiger partial charge in [-0.25, -0.2) is 0 Å². The Labute approximate surface area is 96.8 Å². The van der Waals surface area contributed by atoms with Crippen molar-refractivity contribution >= 4 is 5.69 Å². The Morgan fingerprint density at radius 1 is 1.44 bits per heavy atom. The van der Waals surface area contributed by atoms with Crippen molar-refractivity contribution in [2.24, 2.45) is 0 Å². The predicted molar refractivity (Wildman–Crippen MR) is 65.1 cm³/mol. The zero-order chi connectivity index (χ0) is 11.5. The Bertz CT molecular complexity index is 365. The Kier molecular flexibility index (Phi) is 3.34. The second kappa shape index (κ2) is 4.74. The lowest BCUT2D eigenvalue weighted by Crippen LogP contribution is -2.26. The highest BCUT2D eigenvalue weighted by atomic mass is 16.5. The third-order valence-corrected chi connectivity index (χ3v) is 2.94. The standard InChI is InChI=1S/C13H19NO2/c1-4-16-13-7-9(2)14-12-6-5-10(15-3)8-11(12)13/h5-6,8-9,13-14H,4,7H2,1-3H3. The number of ether oxygens (including phenoxy) is 2. The summed E-state index contributed by atoms with van der Waals surface area (Å²) in [6.45, 7) is 4.96. The van der Waals surface area contributed by atoms with Crippen molar-refractivity contribution in [1.29, 1.82) is 0 Å². The highest BCUT2D eigenvalue weighted by molar-refractivity contribution is 5.57. The van der Waals surface area contributed by atoms with Crippen LogP contribution in [0.3, 0.4) is 0 Å². The first-order chi connectivity index (χ1) is 7.74. The molecule has 1 heterocycles. The van der Waals surface area contributed by atoms with Gasteiger partial charge in [0.15, 0.2) is 0 Å². The number of methoxy groups -OCH3 is 1. The zero-order valence-corrected chi connectivity index (χ0v) is 10.1. The van der Waals surface area contributed by atoms with E-state index < -0.39 is 0 Å². The number of fused-ring (bicyclic) bond motifs is 1. The average Bonchev–Trinajstić information content (AvgIpc) is 2.29. The van der Waals surface area contributed by atoms with E-state index in [0.29, 0.717) is 6.04 Å². The number of benzene rings is 1. The maximum Gasteiger partial charge on any atom is 0.119 e. The predicted octanol–water partition coefficient (Wildman–Crippen LogP) is 2.98. The lowest BCUT2D eigenvalue weighted by atomic mass is 9.95. The summed E-state index contributed by atoms with van der Waals surface area (Å²) in [6.07, 6.45) is 1.19. The van der Waals surface area contributed by atoms with Crippen molar-refractivity contribution in [2.45, 2.75) is 32.4 Å². The van der Waals surface area contributed by atoms with Gasteiger partial charge in [0.25, 0.3) is 0 Å². The normalized spacial score (nSPS) is 23.4. The second-order valence-corrected chi connectivity index (χ2v) is 4.18. The van der Waals surface area contributed by atoms with E-state index in [9.17, 15) is 0 Å². The van der Waals surface area contributed by atoms with Gasteiger partial charge < -0.3 is 14.8 Å². The summed E-state index contributed by atoms with van der Waals surface area (Å²) < 4.78 is 11.0. The molecule has 1 aromatic rings. The van der Waals surface area contributed by atoms with Gasteiger partial charge in [0.2, 0.25) is 0 Å². The van der Waals surface area contributed by atoms with Crippen LogP contribution in [-0.2, 0) is 4.74 Å². The highest BCUT2D eigenvalue weighted by Crippen LogP contribution is 2.37. The van der Waals surface area contributed by atoms with Gasteiger partial charge in [-0.15, -0.1) is 0 Å². The van der Waals surface area contributed by atoms with Crippen LogP contribution in [0.2, 0.25) is 0 Å². The summed E-state index contributed by atoms with van der Waals surface area (Å²) >= 11 is 0. The van der Waals surface area contributed by atoms with Crippen LogP contribution in [0.15, 0.2) is 18.2 Å². The van der Waals surface area contributed by atoms with E-state index in [1.807, 2.05) is 13.0 Å². The Morgan fingerprint density at radius 3 is 2.94 bits per heavy atom. The molecular weight excluding hydrogens is 202 g/mol. The Morgan fingerprint density at radius 2 is 2.25 bits per heavy atom. The van der Waals surface area contributed by atoms with Gasteiger partial charge in [0, 0.05) is 23.9 Å². The molecule has 2 atom stereocenters. The van der Waals surface area contributed by atoms with Crippen molar-refractivity contribution in [1.82, 2.24) is 0 Å². The van der Waals surface area contributed by atoms with Crippen LogP contribution in [-0.4, -0.2) is 19.8 Å². The lowest BCUT2D eigenvalue weighted by molar-refractivity contribution is 0.0510. The van der Waals surface area contributed by atoms with Crippen molar-refractivity contribution in [3.8, 4) is 5.75 Å². The van der Waals surface area contributed by atoms with Gasteiger partial charge in [-0.3, -0.25) is 0 Å². The maximum atomic E-state index is 5.78. The maximum absolute atomic E-state index is 5.78. The molecule has 16 heavy (non-hydrogen) atoms. The van der Waals surface area contributed by atoms with Crippen LogP contribution < -0.4 is 10.1 Å². The smallest absolute Gasteiger partial charge is 0.119 e. The third kappa shape index (κ3) is 2.14. The van der Waals surface area contributed by atoms with Gasteiger partial charge in [-0.2, -0.15) is 0 Å². The summed E-state index contributed by atoms with van der Waals surface area (Å²) in [5, 5.41) is 3.46. The lowest BCUT2D eigenvalue weighted by Gasteiger charge is -2.31. The molecule has 0 spiro atoms. The van der Waals surface area contributed by atoms with E-state index in [1.165, 1.54) is 5.56 Å². The fourth-order valence-corrected chi connectivity index (χ4v) is 2.20. The van der Waals surface area contributed by atoms with Gasteiger partial charge in [0.1, 0.15) is 5.75 Å². The van der Waals surface area contributed by atoms with E-state index in [4.69, 9.17) is 9.47 Å². The molecule has 1 aliphatic heterocycles. The van der Waals surface area contributed by atoms with Crippen molar-refractivity contribution in [3.05, 3.63) is 23.8 Å². The minimum atomic E-state index is 0.186. The molecule has 0 saturated carbocycles. The first kappa shape index (κ1) is 11.3. The molecule has 0 aliphatic carbocycles. The van der Waals surface area contributed by atoms with Crippen molar-refractivity contribution < 1.29 is 9.47 Å². The number of hydrogen-bond donors (Lipinski definition) is 1. The monoisotopic (exact) mass is 221 g/mol. The van der Waals surface area contributed by atoms with Crippen LogP contribution in [0.1, 0.15) is 31.9 Å². The topological polar surface area (TPSA) is 30.5 Å². The van der Waals surface area contributed by atoms with E-state index >= 15 is 0 Å². The van der Waals surface area contributed by atoms with Crippen molar-refractivity contribution in [3.63, 3.8) is 0 Å². The summed E-state index contributed by atoms with van der Waals surface area (Å²) in [7, 11) is 1.69. The second-order valence-electron chi connectivity index (χ2n) is 4.18. The number of anilines is 1. The Balaban J connectivity index is 2.33. The average molecular weight is 221 g/mol. The van der Waals surface area contributed by atoms with Crippen LogP contribution in [0.5, 0.6) is 5.75 Å². The zero-order valence-electron chi connectivity index (χ0n) is 10.1. The number of hydrogen-bond acceptors (Lipinski definition) is 3. The van der Waals surface area contributed by atoms with Crippen LogP contribution in [0, 0.1) is 0 Å².